The minimum Gasteiger partial charge on any atom is -0.390 e. The van der Waals surface area contributed by atoms with Crippen LogP contribution in [0.3, 0.4) is 0 Å². The largest absolute Gasteiger partial charge is 0.390 e. The lowest BCUT2D eigenvalue weighted by atomic mass is 9.96. The Labute approximate surface area is 102 Å². The maximum atomic E-state index is 11.9. The first-order valence-corrected chi connectivity index (χ1v) is 7.42. The minimum absolute atomic E-state index is 0.0752. The number of hydrogen-bond donors (Lipinski definition) is 1. The monoisotopic (exact) mass is 254 g/mol. The Morgan fingerprint density at radius 3 is 2.65 bits per heavy atom. The highest BCUT2D eigenvalue weighted by Crippen LogP contribution is 2.35. The van der Waals surface area contributed by atoms with E-state index in [1.54, 1.807) is 19.9 Å². The maximum Gasteiger partial charge on any atom is 0.179 e. The Bertz CT molecular complexity index is 538. The van der Waals surface area contributed by atoms with E-state index in [0.29, 0.717) is 11.3 Å². The van der Waals surface area contributed by atoms with Gasteiger partial charge in [0.05, 0.1) is 16.2 Å². The van der Waals surface area contributed by atoms with E-state index in [1.165, 1.54) is 0 Å². The Morgan fingerprint density at radius 1 is 1.41 bits per heavy atom. The van der Waals surface area contributed by atoms with Crippen LogP contribution in [0.5, 0.6) is 0 Å². The van der Waals surface area contributed by atoms with Crippen LogP contribution in [-0.4, -0.2) is 24.9 Å². The molecule has 4 heteroatoms. The number of rotatable bonds is 2. The molecule has 0 saturated carbocycles. The molecule has 94 valence electrons. The van der Waals surface area contributed by atoms with E-state index in [0.717, 1.165) is 11.1 Å². The average molecular weight is 254 g/mol. The van der Waals surface area contributed by atoms with E-state index >= 15 is 0 Å². The molecule has 0 aromatic heterocycles. The number of aliphatic hydroxyl groups is 1. The molecule has 0 radical (unpaired) electrons. The van der Waals surface area contributed by atoms with Crippen molar-refractivity contribution in [1.82, 2.24) is 0 Å². The van der Waals surface area contributed by atoms with Crippen LogP contribution < -0.4 is 0 Å². The van der Waals surface area contributed by atoms with Crippen LogP contribution in [0.2, 0.25) is 0 Å². The smallest absolute Gasteiger partial charge is 0.179 e. The molecular formula is C13H18O3S. The van der Waals surface area contributed by atoms with E-state index < -0.39 is 15.4 Å². The van der Waals surface area contributed by atoms with E-state index in [9.17, 15) is 13.5 Å². The number of sulfone groups is 1. The topological polar surface area (TPSA) is 54.4 Å². The van der Waals surface area contributed by atoms with Crippen LogP contribution >= 0.6 is 0 Å². The molecule has 1 atom stereocenters. The summed E-state index contributed by atoms with van der Waals surface area (Å²) in [5, 5.41) is 9.75. The summed E-state index contributed by atoms with van der Waals surface area (Å²) in [5.41, 5.74) is 0.959. The van der Waals surface area contributed by atoms with Gasteiger partial charge in [-0.2, -0.15) is 0 Å². The van der Waals surface area contributed by atoms with Gasteiger partial charge in [0, 0.05) is 6.42 Å². The van der Waals surface area contributed by atoms with E-state index in [4.69, 9.17) is 0 Å². The van der Waals surface area contributed by atoms with Crippen molar-refractivity contribution in [2.45, 2.75) is 43.6 Å². The first-order valence-electron chi connectivity index (χ1n) is 5.77. The van der Waals surface area contributed by atoms with Crippen LogP contribution in [0.1, 0.15) is 37.8 Å². The zero-order chi connectivity index (χ0) is 12.8. The third kappa shape index (κ3) is 2.53. The summed E-state index contributed by atoms with van der Waals surface area (Å²) in [6.07, 6.45) is 0.462. The molecule has 1 aliphatic rings. The van der Waals surface area contributed by atoms with Crippen LogP contribution in [0.25, 0.3) is 0 Å². The second-order valence-electron chi connectivity index (χ2n) is 5.54. The second kappa shape index (κ2) is 3.82. The zero-order valence-electron chi connectivity index (χ0n) is 10.4. The van der Waals surface area contributed by atoms with Crippen molar-refractivity contribution in [1.29, 1.82) is 0 Å². The molecule has 1 aliphatic heterocycles. The summed E-state index contributed by atoms with van der Waals surface area (Å²) >= 11 is 0. The fraction of sp³-hybridized carbons (Fsp3) is 0.538. The van der Waals surface area contributed by atoms with Crippen LogP contribution in [0.4, 0.5) is 0 Å². The molecule has 1 heterocycles. The third-order valence-corrected chi connectivity index (χ3v) is 5.01. The SMILES string of the molecule is CC1CS(=O)(=O)c2cc(CC(C)(C)O)ccc21. The van der Waals surface area contributed by atoms with Crippen LogP contribution in [0.15, 0.2) is 23.1 Å². The average Bonchev–Trinajstić information content (AvgIpc) is 2.34. The van der Waals surface area contributed by atoms with Crippen molar-refractivity contribution >= 4 is 9.84 Å². The first-order chi connectivity index (χ1) is 7.69. The van der Waals surface area contributed by atoms with Crippen molar-refractivity contribution < 1.29 is 13.5 Å². The highest BCUT2D eigenvalue weighted by atomic mass is 32.2. The van der Waals surface area contributed by atoms with Crippen molar-refractivity contribution in [2.75, 3.05) is 5.75 Å². The number of hydrogen-bond acceptors (Lipinski definition) is 3. The number of fused-ring (bicyclic) bond motifs is 1. The van der Waals surface area contributed by atoms with Gasteiger partial charge in [-0.05, 0) is 37.0 Å². The Hall–Kier alpha value is -0.870. The predicted octanol–water partition coefficient (Wildman–Crippen LogP) is 1.89. The lowest BCUT2D eigenvalue weighted by Gasteiger charge is -2.17. The molecule has 1 unspecified atom stereocenters. The second-order valence-corrected chi connectivity index (χ2v) is 7.55. The summed E-state index contributed by atoms with van der Waals surface area (Å²) in [6, 6.07) is 5.51. The van der Waals surface area contributed by atoms with Gasteiger partial charge < -0.3 is 5.11 Å². The molecule has 2 rings (SSSR count). The van der Waals surface area contributed by atoms with Gasteiger partial charge in [0.1, 0.15) is 0 Å². The maximum absolute atomic E-state index is 11.9. The van der Waals surface area contributed by atoms with Gasteiger partial charge in [-0.3, -0.25) is 0 Å². The molecule has 1 aromatic rings. The molecule has 0 aliphatic carbocycles. The van der Waals surface area contributed by atoms with Gasteiger partial charge >= 0.3 is 0 Å². The molecule has 3 nitrogen and oxygen atoms in total. The minimum atomic E-state index is -3.11. The Kier molecular flexibility index (Phi) is 2.83. The molecule has 0 spiro atoms. The zero-order valence-corrected chi connectivity index (χ0v) is 11.2. The number of benzene rings is 1. The lowest BCUT2D eigenvalue weighted by molar-refractivity contribution is 0.0809. The Morgan fingerprint density at radius 2 is 2.06 bits per heavy atom. The first kappa shape index (κ1) is 12.6. The van der Waals surface area contributed by atoms with Crippen LogP contribution in [0, 0.1) is 0 Å². The molecule has 1 N–H and O–H groups in total. The van der Waals surface area contributed by atoms with Gasteiger partial charge in [0.25, 0.3) is 0 Å². The van der Waals surface area contributed by atoms with Gasteiger partial charge in [-0.1, -0.05) is 19.1 Å². The quantitative estimate of drug-likeness (QED) is 0.877. The van der Waals surface area contributed by atoms with Crippen LogP contribution in [-0.2, 0) is 16.3 Å². The van der Waals surface area contributed by atoms with Gasteiger partial charge in [0.15, 0.2) is 9.84 Å². The van der Waals surface area contributed by atoms with Crippen molar-refractivity contribution in [3.8, 4) is 0 Å². The molecule has 1 aromatic carbocycles. The van der Waals surface area contributed by atoms with Gasteiger partial charge in [-0.25, -0.2) is 8.42 Å². The van der Waals surface area contributed by atoms with Crippen molar-refractivity contribution in [3.05, 3.63) is 29.3 Å². The predicted molar refractivity (Wildman–Crippen MR) is 66.9 cm³/mol. The van der Waals surface area contributed by atoms with E-state index in [2.05, 4.69) is 0 Å². The summed E-state index contributed by atoms with van der Waals surface area (Å²) < 4.78 is 23.8. The molecular weight excluding hydrogens is 236 g/mol. The van der Waals surface area contributed by atoms with Crippen molar-refractivity contribution in [2.24, 2.45) is 0 Å². The van der Waals surface area contributed by atoms with Gasteiger partial charge in [0.2, 0.25) is 0 Å². The molecule has 17 heavy (non-hydrogen) atoms. The van der Waals surface area contributed by atoms with Crippen molar-refractivity contribution in [3.63, 3.8) is 0 Å². The summed E-state index contributed by atoms with van der Waals surface area (Å²) in [5.74, 6) is 0.278. The third-order valence-electron chi connectivity index (χ3n) is 3.05. The lowest BCUT2D eigenvalue weighted by Crippen LogP contribution is -2.21. The fourth-order valence-corrected chi connectivity index (χ4v) is 4.35. The molecule has 0 amide bonds. The summed E-state index contributed by atoms with van der Waals surface area (Å²) in [4.78, 5) is 0.451. The summed E-state index contributed by atoms with van der Waals surface area (Å²) in [6.45, 7) is 5.37. The highest BCUT2D eigenvalue weighted by molar-refractivity contribution is 7.91. The molecule has 0 fully saturated rings. The molecule has 0 bridgehead atoms. The fourth-order valence-electron chi connectivity index (χ4n) is 2.37. The van der Waals surface area contributed by atoms with Gasteiger partial charge in [-0.15, -0.1) is 0 Å². The normalized spacial score (nSPS) is 22.5. The van der Waals surface area contributed by atoms with E-state index in [-0.39, 0.29) is 11.7 Å². The highest BCUT2D eigenvalue weighted by Gasteiger charge is 2.32. The summed E-state index contributed by atoms with van der Waals surface area (Å²) in [7, 11) is -3.11. The Balaban J connectivity index is 2.45. The standard InChI is InChI=1S/C13H18O3S/c1-9-8-17(15,16)12-6-10(4-5-11(9)12)7-13(2,3)14/h4-6,9,14H,7-8H2,1-3H3. The van der Waals surface area contributed by atoms with E-state index in [1.807, 2.05) is 19.1 Å². The molecule has 0 saturated heterocycles.